The van der Waals surface area contributed by atoms with E-state index in [9.17, 15) is 9.59 Å². The molecule has 4 nitrogen and oxygen atoms in total. The molecule has 1 aromatic heterocycles. The van der Waals surface area contributed by atoms with Crippen molar-refractivity contribution in [2.24, 2.45) is 0 Å². The molecule has 1 fully saturated rings. The normalized spacial score (nSPS) is 16.2. The number of carbonyl (C=O) groups excluding carboxylic acids is 2. The number of amides is 3. The fourth-order valence-electron chi connectivity index (χ4n) is 1.22. The lowest BCUT2D eigenvalue weighted by Crippen LogP contribution is -2.27. The summed E-state index contributed by atoms with van der Waals surface area (Å²) in [5, 5.41) is 4.18. The van der Waals surface area contributed by atoms with E-state index in [2.05, 4.69) is 21.2 Å². The quantitative estimate of drug-likeness (QED) is 0.833. The molecule has 6 heteroatoms. The Labute approximate surface area is 93.0 Å². The molecular weight excluding hydrogens is 268 g/mol. The van der Waals surface area contributed by atoms with Gasteiger partial charge in [0.2, 0.25) is 5.91 Å². The Hall–Kier alpha value is -0.880. The van der Waals surface area contributed by atoms with Gasteiger partial charge < -0.3 is 4.90 Å². The average Bonchev–Trinajstić information content (AvgIpc) is 2.62. The molecule has 0 aromatic carbocycles. The minimum absolute atomic E-state index is 0.156. The van der Waals surface area contributed by atoms with Crippen LogP contribution in [-0.2, 0) is 11.3 Å². The van der Waals surface area contributed by atoms with Crippen LogP contribution in [0.15, 0.2) is 15.9 Å². The van der Waals surface area contributed by atoms with E-state index >= 15 is 0 Å². The third-order valence-electron chi connectivity index (χ3n) is 1.89. The first-order valence-electron chi connectivity index (χ1n) is 3.97. The van der Waals surface area contributed by atoms with Crippen molar-refractivity contribution >= 4 is 39.2 Å². The van der Waals surface area contributed by atoms with Gasteiger partial charge in [0.15, 0.2) is 0 Å². The van der Waals surface area contributed by atoms with Gasteiger partial charge in [0.25, 0.3) is 0 Å². The number of rotatable bonds is 2. The molecule has 1 aliphatic heterocycles. The van der Waals surface area contributed by atoms with Crippen molar-refractivity contribution in [3.8, 4) is 0 Å². The van der Waals surface area contributed by atoms with Crippen LogP contribution in [0.1, 0.15) is 4.88 Å². The summed E-state index contributed by atoms with van der Waals surface area (Å²) in [7, 11) is 0. The summed E-state index contributed by atoms with van der Waals surface area (Å²) in [6, 6.07) is 1.62. The number of nitrogens with zero attached hydrogens (tertiary/aromatic N) is 1. The highest BCUT2D eigenvalue weighted by atomic mass is 79.9. The third kappa shape index (κ3) is 1.80. The Balaban J connectivity index is 2.09. The molecule has 0 spiro atoms. The van der Waals surface area contributed by atoms with E-state index in [0.717, 1.165) is 9.35 Å². The third-order valence-corrected chi connectivity index (χ3v) is 3.80. The lowest BCUT2D eigenvalue weighted by Gasteiger charge is -2.11. The molecule has 0 saturated carbocycles. The lowest BCUT2D eigenvalue weighted by molar-refractivity contribution is -0.118. The highest BCUT2D eigenvalue weighted by Crippen LogP contribution is 2.24. The molecule has 3 amide bonds. The smallest absolute Gasteiger partial charge is 0.310 e. The first-order chi connectivity index (χ1) is 6.66. The minimum atomic E-state index is -0.310. The molecule has 1 aliphatic rings. The fraction of sp³-hybridized carbons (Fsp3) is 0.250. The minimum Gasteiger partial charge on any atom is -0.310 e. The monoisotopic (exact) mass is 274 g/mol. The molecule has 1 aromatic rings. The zero-order chi connectivity index (χ0) is 10.1. The molecule has 0 radical (unpaired) electrons. The van der Waals surface area contributed by atoms with Gasteiger partial charge in [-0.1, -0.05) is 0 Å². The van der Waals surface area contributed by atoms with E-state index in [0.29, 0.717) is 6.54 Å². The molecule has 14 heavy (non-hydrogen) atoms. The maximum absolute atomic E-state index is 11.2. The van der Waals surface area contributed by atoms with Crippen LogP contribution in [0.5, 0.6) is 0 Å². The van der Waals surface area contributed by atoms with Crippen LogP contribution in [0.4, 0.5) is 4.79 Å². The second kappa shape index (κ2) is 3.70. The summed E-state index contributed by atoms with van der Waals surface area (Å²) < 4.78 is 0.981. The van der Waals surface area contributed by atoms with Crippen LogP contribution < -0.4 is 5.32 Å². The van der Waals surface area contributed by atoms with Crippen molar-refractivity contribution in [2.75, 3.05) is 6.54 Å². The van der Waals surface area contributed by atoms with E-state index in [4.69, 9.17) is 0 Å². The first kappa shape index (κ1) is 9.67. The molecule has 2 heterocycles. The van der Waals surface area contributed by atoms with Crippen LogP contribution in [0.3, 0.4) is 0 Å². The van der Waals surface area contributed by atoms with Gasteiger partial charge in [-0.3, -0.25) is 10.1 Å². The summed E-state index contributed by atoms with van der Waals surface area (Å²) in [6.07, 6.45) is 0. The maximum atomic E-state index is 11.2. The Morgan fingerprint density at radius 1 is 1.57 bits per heavy atom. The van der Waals surface area contributed by atoms with E-state index in [1.807, 2.05) is 11.4 Å². The highest BCUT2D eigenvalue weighted by molar-refractivity contribution is 9.10. The van der Waals surface area contributed by atoms with Crippen LogP contribution in [0.25, 0.3) is 0 Å². The van der Waals surface area contributed by atoms with Crippen LogP contribution in [0, 0.1) is 0 Å². The topological polar surface area (TPSA) is 49.4 Å². The molecular formula is C8H7BrN2O2S. The zero-order valence-corrected chi connectivity index (χ0v) is 9.52. The standard InChI is InChI=1S/C8H7BrN2O2S/c9-5-1-2-14-6(5)3-11-4-7(12)10-8(11)13/h1-2H,3-4H2,(H,10,12,13). The largest absolute Gasteiger partial charge is 0.324 e. The summed E-state index contributed by atoms with van der Waals surface area (Å²) in [5.41, 5.74) is 0. The Morgan fingerprint density at radius 2 is 2.36 bits per heavy atom. The van der Waals surface area contributed by atoms with Crippen molar-refractivity contribution in [3.05, 3.63) is 20.8 Å². The van der Waals surface area contributed by atoms with Gasteiger partial charge in [0.1, 0.15) is 6.54 Å². The number of imide groups is 1. The van der Waals surface area contributed by atoms with E-state index in [1.54, 1.807) is 11.3 Å². The summed E-state index contributed by atoms with van der Waals surface area (Å²) in [5.74, 6) is -0.234. The molecule has 0 aliphatic carbocycles. The van der Waals surface area contributed by atoms with E-state index < -0.39 is 0 Å². The Kier molecular flexibility index (Phi) is 2.56. The molecule has 1 N–H and O–H groups in total. The predicted molar refractivity (Wildman–Crippen MR) is 56.0 cm³/mol. The average molecular weight is 275 g/mol. The number of hydrogen-bond acceptors (Lipinski definition) is 3. The van der Waals surface area contributed by atoms with Gasteiger partial charge in [-0.2, -0.15) is 0 Å². The lowest BCUT2D eigenvalue weighted by atomic mass is 10.4. The van der Waals surface area contributed by atoms with Crippen molar-refractivity contribution in [1.29, 1.82) is 0 Å². The molecule has 2 rings (SSSR count). The molecule has 0 bridgehead atoms. The van der Waals surface area contributed by atoms with Gasteiger partial charge in [-0.15, -0.1) is 11.3 Å². The number of urea groups is 1. The van der Waals surface area contributed by atoms with Gasteiger partial charge >= 0.3 is 6.03 Å². The van der Waals surface area contributed by atoms with Crippen molar-refractivity contribution in [2.45, 2.75) is 6.54 Å². The number of halogens is 1. The van der Waals surface area contributed by atoms with E-state index in [-0.39, 0.29) is 18.5 Å². The van der Waals surface area contributed by atoms with Gasteiger partial charge in [-0.05, 0) is 27.4 Å². The van der Waals surface area contributed by atoms with E-state index in [1.165, 1.54) is 4.90 Å². The van der Waals surface area contributed by atoms with Crippen molar-refractivity contribution in [1.82, 2.24) is 10.2 Å². The Morgan fingerprint density at radius 3 is 2.86 bits per heavy atom. The number of hydrogen-bond donors (Lipinski definition) is 1. The van der Waals surface area contributed by atoms with Crippen molar-refractivity contribution < 1.29 is 9.59 Å². The second-order valence-corrected chi connectivity index (χ2v) is 4.76. The summed E-state index contributed by atoms with van der Waals surface area (Å²) in [6.45, 7) is 0.638. The molecule has 1 saturated heterocycles. The van der Waals surface area contributed by atoms with Gasteiger partial charge in [-0.25, -0.2) is 4.79 Å². The zero-order valence-electron chi connectivity index (χ0n) is 7.12. The molecule has 0 unspecified atom stereocenters. The SMILES string of the molecule is O=C1CN(Cc2sccc2Br)C(=O)N1. The van der Waals surface area contributed by atoms with Gasteiger partial charge in [0, 0.05) is 9.35 Å². The van der Waals surface area contributed by atoms with Crippen LogP contribution in [-0.4, -0.2) is 23.4 Å². The predicted octanol–water partition coefficient (Wildman–Crippen LogP) is 1.56. The summed E-state index contributed by atoms with van der Waals surface area (Å²) in [4.78, 5) is 24.6. The molecule has 0 atom stereocenters. The maximum Gasteiger partial charge on any atom is 0.324 e. The second-order valence-electron chi connectivity index (χ2n) is 2.90. The Bertz CT molecular complexity index is 390. The van der Waals surface area contributed by atoms with Crippen molar-refractivity contribution in [3.63, 3.8) is 0 Å². The van der Waals surface area contributed by atoms with Crippen LogP contribution in [0.2, 0.25) is 0 Å². The van der Waals surface area contributed by atoms with Gasteiger partial charge in [0.05, 0.1) is 6.54 Å². The number of thiophene rings is 1. The van der Waals surface area contributed by atoms with Crippen LogP contribution >= 0.6 is 27.3 Å². The molecule has 74 valence electrons. The number of carbonyl (C=O) groups is 2. The first-order valence-corrected chi connectivity index (χ1v) is 5.64. The number of nitrogens with one attached hydrogen (secondary N) is 1. The fourth-order valence-corrected chi connectivity index (χ4v) is 2.71. The summed E-state index contributed by atoms with van der Waals surface area (Å²) >= 11 is 4.94. The highest BCUT2D eigenvalue weighted by Gasteiger charge is 2.27.